The number of nitrogens with one attached hydrogen (secondary N) is 1. The second-order valence-corrected chi connectivity index (χ2v) is 19.9. The smallest absolute Gasteiger partial charge is 0.327 e. The van der Waals surface area contributed by atoms with Gasteiger partial charge in [0.2, 0.25) is 11.8 Å². The molecule has 5 aliphatic heterocycles. The number of ether oxygens (including phenoxy) is 4. The number of esters is 1. The van der Waals surface area contributed by atoms with Crippen molar-refractivity contribution in [2.24, 2.45) is 22.7 Å². The van der Waals surface area contributed by atoms with Gasteiger partial charge in [-0.3, -0.25) is 19.2 Å². The first-order valence-corrected chi connectivity index (χ1v) is 22.1. The third-order valence-electron chi connectivity index (χ3n) is 16.0. The average Bonchev–Trinajstić information content (AvgIpc) is 3.73. The topological polar surface area (TPSA) is 139 Å². The van der Waals surface area contributed by atoms with Crippen LogP contribution in [0, 0.1) is 22.7 Å². The standard InChI is InChI=1S/C47H57N3O9/c1-44(2)24-32-28(14-15-36-45(3,56-36)17-16-33(32)44)21-27-9-4-7-12-31(27)26-50-39-42(53)55-35-25-47(39,43(54)49-19-8-13-34(49)41(52)48-18-20-51)40(59-50)38-37(35)57-46(58-38)22-29-10-5-6-11-30(29)23-46/h4-7,9-12,21,32-40,51H,8,13-20,22-26H2,1-3H3,(H,48,52). The van der Waals surface area contributed by atoms with Crippen molar-refractivity contribution in [3.8, 4) is 0 Å². The summed E-state index contributed by atoms with van der Waals surface area (Å²) in [6, 6.07) is 14.8. The highest BCUT2D eigenvalue weighted by Gasteiger charge is 2.77. The first-order valence-electron chi connectivity index (χ1n) is 22.1. The van der Waals surface area contributed by atoms with Crippen molar-refractivity contribution >= 4 is 23.9 Å². The third-order valence-corrected chi connectivity index (χ3v) is 16.0. The van der Waals surface area contributed by atoms with Crippen LogP contribution in [0.15, 0.2) is 54.1 Å². The number of likely N-dealkylation sites (tertiary alicyclic amines) is 1. The number of hydrogen-bond acceptors (Lipinski definition) is 10. The van der Waals surface area contributed by atoms with Crippen LogP contribution in [0.1, 0.15) is 94.4 Å². The summed E-state index contributed by atoms with van der Waals surface area (Å²) in [4.78, 5) is 52.2. The summed E-state index contributed by atoms with van der Waals surface area (Å²) < 4.78 is 26.4. The molecule has 3 saturated carbocycles. The minimum Gasteiger partial charge on any atom is -0.458 e. The molecule has 5 heterocycles. The summed E-state index contributed by atoms with van der Waals surface area (Å²) in [5.74, 6) is -0.963. The Hall–Kier alpha value is -3.65. The number of nitrogens with zero attached hydrogens (tertiary/aromatic N) is 2. The molecule has 59 heavy (non-hydrogen) atoms. The highest BCUT2D eigenvalue weighted by molar-refractivity contribution is 5.96. The maximum atomic E-state index is 15.5. The highest BCUT2D eigenvalue weighted by Crippen LogP contribution is 2.61. The molecule has 314 valence electrons. The molecule has 4 aliphatic carbocycles. The molecular formula is C47H57N3O9. The van der Waals surface area contributed by atoms with E-state index in [1.165, 1.54) is 5.57 Å². The van der Waals surface area contributed by atoms with Crippen LogP contribution >= 0.6 is 0 Å². The van der Waals surface area contributed by atoms with Gasteiger partial charge in [0.15, 0.2) is 11.8 Å². The van der Waals surface area contributed by atoms with Gasteiger partial charge in [0.25, 0.3) is 0 Å². The molecule has 11 atom stereocenters. The number of benzene rings is 2. The number of carbonyl (C=O) groups excluding carboxylic acids is 3. The molecule has 12 heteroatoms. The Labute approximate surface area is 345 Å². The van der Waals surface area contributed by atoms with Crippen LogP contribution in [0.3, 0.4) is 0 Å². The lowest BCUT2D eigenvalue weighted by Gasteiger charge is -2.53. The van der Waals surface area contributed by atoms with Gasteiger partial charge in [-0.2, -0.15) is 5.06 Å². The maximum Gasteiger partial charge on any atom is 0.327 e. The predicted octanol–water partition coefficient (Wildman–Crippen LogP) is 4.64. The van der Waals surface area contributed by atoms with E-state index < -0.39 is 53.7 Å². The molecule has 8 fully saturated rings. The number of epoxide rings is 1. The molecule has 0 radical (unpaired) electrons. The summed E-state index contributed by atoms with van der Waals surface area (Å²) in [6.45, 7) is 7.61. The fraction of sp³-hybridized carbons (Fsp3) is 0.638. The Morgan fingerprint density at radius 1 is 0.949 bits per heavy atom. The molecule has 2 aromatic carbocycles. The molecule has 0 aromatic heterocycles. The van der Waals surface area contributed by atoms with Crippen LogP contribution in [-0.4, -0.2) is 107 Å². The van der Waals surface area contributed by atoms with Gasteiger partial charge < -0.3 is 34.3 Å². The third kappa shape index (κ3) is 5.94. The largest absolute Gasteiger partial charge is 0.458 e. The quantitative estimate of drug-likeness (QED) is 0.301. The van der Waals surface area contributed by atoms with E-state index in [2.05, 4.69) is 62.5 Å². The van der Waals surface area contributed by atoms with Crippen molar-refractivity contribution in [2.75, 3.05) is 19.7 Å². The van der Waals surface area contributed by atoms with E-state index in [0.717, 1.165) is 54.4 Å². The normalized spacial score (nSPS) is 40.2. The number of hydroxylamine groups is 2. The molecule has 11 unspecified atom stereocenters. The van der Waals surface area contributed by atoms with Crippen LogP contribution in [0.4, 0.5) is 0 Å². The number of fused-ring (bicyclic) bond motifs is 7. The Balaban J connectivity index is 0.948. The van der Waals surface area contributed by atoms with Gasteiger partial charge in [0, 0.05) is 32.4 Å². The molecule has 5 saturated heterocycles. The van der Waals surface area contributed by atoms with Crippen LogP contribution in [-0.2, 0) is 57.6 Å². The molecule has 9 aliphatic rings. The minimum absolute atomic E-state index is 0.00123. The molecule has 1 spiro atoms. The number of aliphatic hydroxyl groups is 1. The van der Waals surface area contributed by atoms with E-state index >= 15 is 4.79 Å². The van der Waals surface area contributed by atoms with E-state index in [-0.39, 0.29) is 48.9 Å². The molecular weight excluding hydrogens is 751 g/mol. The van der Waals surface area contributed by atoms with Crippen molar-refractivity contribution in [3.63, 3.8) is 0 Å². The Morgan fingerprint density at radius 2 is 1.71 bits per heavy atom. The van der Waals surface area contributed by atoms with Gasteiger partial charge in [-0.1, -0.05) is 74.0 Å². The molecule has 2 amide bonds. The van der Waals surface area contributed by atoms with E-state index in [4.69, 9.17) is 23.8 Å². The monoisotopic (exact) mass is 807 g/mol. The fourth-order valence-electron chi connectivity index (χ4n) is 13.0. The highest BCUT2D eigenvalue weighted by atomic mass is 16.8. The summed E-state index contributed by atoms with van der Waals surface area (Å²) >= 11 is 0. The summed E-state index contributed by atoms with van der Waals surface area (Å²) in [6.07, 6.45) is 7.65. The van der Waals surface area contributed by atoms with Gasteiger partial charge in [0.1, 0.15) is 35.9 Å². The van der Waals surface area contributed by atoms with Gasteiger partial charge in [-0.25, -0.2) is 0 Å². The Bertz CT molecular complexity index is 2080. The maximum absolute atomic E-state index is 15.5. The zero-order valence-electron chi connectivity index (χ0n) is 34.4. The first-order chi connectivity index (χ1) is 28.4. The van der Waals surface area contributed by atoms with E-state index in [9.17, 15) is 14.7 Å². The van der Waals surface area contributed by atoms with Crippen molar-refractivity contribution in [2.45, 2.75) is 146 Å². The molecule has 2 bridgehead atoms. The molecule has 11 rings (SSSR count). The fourth-order valence-corrected chi connectivity index (χ4v) is 13.0. The molecule has 12 nitrogen and oxygen atoms in total. The van der Waals surface area contributed by atoms with Crippen molar-refractivity contribution in [1.82, 2.24) is 15.3 Å². The van der Waals surface area contributed by atoms with Crippen molar-refractivity contribution in [3.05, 3.63) is 76.4 Å². The minimum atomic E-state index is -1.38. The van der Waals surface area contributed by atoms with Crippen LogP contribution in [0.2, 0.25) is 0 Å². The van der Waals surface area contributed by atoms with Gasteiger partial charge >= 0.3 is 5.97 Å². The van der Waals surface area contributed by atoms with Crippen molar-refractivity contribution in [1.29, 1.82) is 0 Å². The van der Waals surface area contributed by atoms with Gasteiger partial charge in [0.05, 0.1) is 24.9 Å². The van der Waals surface area contributed by atoms with Gasteiger partial charge in [-0.05, 0) is 91.4 Å². The predicted molar refractivity (Wildman–Crippen MR) is 214 cm³/mol. The number of hydrogen-bond donors (Lipinski definition) is 2. The second-order valence-electron chi connectivity index (χ2n) is 19.9. The Morgan fingerprint density at radius 3 is 2.49 bits per heavy atom. The van der Waals surface area contributed by atoms with Crippen LogP contribution in [0.25, 0.3) is 6.08 Å². The van der Waals surface area contributed by atoms with E-state index in [1.54, 1.807) is 9.96 Å². The van der Waals surface area contributed by atoms with Crippen LogP contribution in [0.5, 0.6) is 0 Å². The number of aliphatic hydroxyl groups excluding tert-OH is 1. The second kappa shape index (κ2) is 13.7. The zero-order chi connectivity index (χ0) is 40.5. The molecule has 2 N–H and O–H groups in total. The number of carbonyl (C=O) groups is 3. The lowest BCUT2D eigenvalue weighted by atomic mass is 9.52. The summed E-state index contributed by atoms with van der Waals surface area (Å²) in [5, 5.41) is 13.9. The first kappa shape index (κ1) is 38.3. The summed E-state index contributed by atoms with van der Waals surface area (Å²) in [7, 11) is 0. The van der Waals surface area contributed by atoms with E-state index in [0.29, 0.717) is 50.2 Å². The van der Waals surface area contributed by atoms with E-state index in [1.807, 2.05) is 18.2 Å². The number of amides is 2. The lowest BCUT2D eigenvalue weighted by Crippen LogP contribution is -2.70. The zero-order valence-corrected chi connectivity index (χ0v) is 34.4. The number of rotatable bonds is 7. The summed E-state index contributed by atoms with van der Waals surface area (Å²) in [5.41, 5.74) is 4.74. The number of allylic oxidation sites excluding steroid dienone is 1. The van der Waals surface area contributed by atoms with Crippen molar-refractivity contribution < 1.29 is 43.3 Å². The van der Waals surface area contributed by atoms with Gasteiger partial charge in [-0.15, -0.1) is 0 Å². The Kier molecular flexibility index (Phi) is 8.87. The van der Waals surface area contributed by atoms with Crippen LogP contribution < -0.4 is 5.32 Å². The average molecular weight is 808 g/mol. The lowest BCUT2D eigenvalue weighted by molar-refractivity contribution is -0.218. The molecule has 2 aromatic rings. The SMILES string of the molecule is CC1(C)CC2C(=Cc3ccccc3CN3OC4C5OC6(Cc7ccccc7C6)OC5C5CC4(C(=O)N4CCCC4C(=O)NCCO)C3C(=O)O5)CCC3OC3(C)CCC21.